The van der Waals surface area contributed by atoms with Crippen LogP contribution in [0.1, 0.15) is 45.1 Å². The minimum atomic E-state index is -0.295. The number of nitrogens with one attached hydrogen (secondary N) is 3. The normalized spacial score (nSPS) is 15.3. The number of nitrogens with zero attached hydrogens (tertiary/aromatic N) is 1. The maximum absolute atomic E-state index is 12.4. The Morgan fingerprint density at radius 2 is 1.92 bits per heavy atom. The summed E-state index contributed by atoms with van der Waals surface area (Å²) in [6.45, 7) is 7.14. The van der Waals surface area contributed by atoms with Crippen LogP contribution in [0.15, 0.2) is 17.1 Å². The van der Waals surface area contributed by atoms with Gasteiger partial charge in [-0.1, -0.05) is 13.8 Å². The highest BCUT2D eigenvalue weighted by Crippen LogP contribution is 2.17. The number of aromatic amines is 1. The van der Waals surface area contributed by atoms with Crippen LogP contribution in [-0.2, 0) is 4.79 Å². The summed E-state index contributed by atoms with van der Waals surface area (Å²) >= 11 is 0. The van der Waals surface area contributed by atoms with Crippen LogP contribution in [0.25, 0.3) is 0 Å². The molecule has 1 aromatic heterocycles. The van der Waals surface area contributed by atoms with Crippen LogP contribution < -0.4 is 16.2 Å². The van der Waals surface area contributed by atoms with Crippen molar-refractivity contribution in [3.8, 4) is 0 Å². The van der Waals surface area contributed by atoms with Crippen molar-refractivity contribution < 1.29 is 9.59 Å². The fraction of sp³-hybridized carbons (Fsp3) is 0.611. The lowest BCUT2D eigenvalue weighted by atomic mass is 9.98. The van der Waals surface area contributed by atoms with E-state index in [1.54, 1.807) is 13.0 Å². The number of anilines is 1. The molecule has 2 heterocycles. The summed E-state index contributed by atoms with van der Waals surface area (Å²) in [6.07, 6.45) is 4.72. The van der Waals surface area contributed by atoms with Crippen LogP contribution in [-0.4, -0.2) is 41.0 Å². The first-order valence-electron chi connectivity index (χ1n) is 9.00. The second-order valence-electron chi connectivity index (χ2n) is 6.61. The number of rotatable bonds is 5. The van der Waals surface area contributed by atoms with E-state index in [1.165, 1.54) is 6.20 Å². The first kappa shape index (κ1) is 19.0. The Hall–Kier alpha value is -2.31. The molecule has 0 unspecified atom stereocenters. The number of piperidine rings is 1. The first-order chi connectivity index (χ1) is 11.9. The van der Waals surface area contributed by atoms with Crippen molar-refractivity contribution in [2.75, 3.05) is 18.4 Å². The average Bonchev–Trinajstić information content (AvgIpc) is 2.59. The van der Waals surface area contributed by atoms with Gasteiger partial charge in [0.15, 0.2) is 0 Å². The van der Waals surface area contributed by atoms with Gasteiger partial charge in [-0.3, -0.25) is 9.59 Å². The second-order valence-corrected chi connectivity index (χ2v) is 6.61. The molecular formula is C18H28N4O3. The molecule has 2 rings (SSSR count). The summed E-state index contributed by atoms with van der Waals surface area (Å²) in [5, 5.41) is 5.67. The van der Waals surface area contributed by atoms with E-state index in [9.17, 15) is 14.4 Å². The highest BCUT2D eigenvalue weighted by atomic mass is 16.2. The van der Waals surface area contributed by atoms with Crippen molar-refractivity contribution in [1.29, 1.82) is 0 Å². The lowest BCUT2D eigenvalue weighted by molar-refractivity contribution is -0.136. The van der Waals surface area contributed by atoms with Crippen LogP contribution in [0.4, 0.5) is 10.5 Å². The molecule has 0 atom stereocenters. The molecule has 25 heavy (non-hydrogen) atoms. The zero-order valence-electron chi connectivity index (χ0n) is 15.2. The third kappa shape index (κ3) is 5.08. The maximum Gasteiger partial charge on any atom is 0.319 e. The van der Waals surface area contributed by atoms with Gasteiger partial charge in [-0.05, 0) is 38.7 Å². The SMILES string of the molecule is CCC(CC)C(=O)N1CCC(NC(=O)Nc2c[nH]c(=O)c(C)c2)CC1. The van der Waals surface area contributed by atoms with E-state index in [2.05, 4.69) is 15.6 Å². The lowest BCUT2D eigenvalue weighted by Gasteiger charge is -2.34. The van der Waals surface area contributed by atoms with E-state index in [0.717, 1.165) is 25.7 Å². The Balaban J connectivity index is 1.81. The topological polar surface area (TPSA) is 94.3 Å². The van der Waals surface area contributed by atoms with E-state index in [4.69, 9.17) is 0 Å². The molecule has 3 N–H and O–H groups in total. The minimum absolute atomic E-state index is 0.0506. The molecular weight excluding hydrogens is 320 g/mol. The Bertz CT molecular complexity index is 659. The lowest BCUT2D eigenvalue weighted by Crippen LogP contribution is -2.48. The Morgan fingerprint density at radius 1 is 1.28 bits per heavy atom. The van der Waals surface area contributed by atoms with Gasteiger partial charge in [-0.25, -0.2) is 4.79 Å². The summed E-state index contributed by atoms with van der Waals surface area (Å²) in [6, 6.07) is 1.39. The zero-order valence-corrected chi connectivity index (χ0v) is 15.2. The van der Waals surface area contributed by atoms with Gasteiger partial charge < -0.3 is 20.5 Å². The fourth-order valence-electron chi connectivity index (χ4n) is 3.16. The minimum Gasteiger partial charge on any atom is -0.342 e. The summed E-state index contributed by atoms with van der Waals surface area (Å²) in [5.41, 5.74) is 0.933. The molecule has 0 radical (unpaired) electrons. The molecule has 0 spiro atoms. The van der Waals surface area contributed by atoms with E-state index < -0.39 is 0 Å². The van der Waals surface area contributed by atoms with Crippen molar-refractivity contribution in [3.63, 3.8) is 0 Å². The highest BCUT2D eigenvalue weighted by molar-refractivity contribution is 5.89. The highest BCUT2D eigenvalue weighted by Gasteiger charge is 2.27. The number of aryl methyl sites for hydroxylation is 1. The molecule has 0 aromatic carbocycles. The zero-order chi connectivity index (χ0) is 18.4. The summed E-state index contributed by atoms with van der Waals surface area (Å²) < 4.78 is 0. The average molecular weight is 348 g/mol. The van der Waals surface area contributed by atoms with Crippen molar-refractivity contribution in [2.24, 2.45) is 5.92 Å². The van der Waals surface area contributed by atoms with E-state index in [0.29, 0.717) is 24.3 Å². The van der Waals surface area contributed by atoms with Crippen LogP contribution in [0.5, 0.6) is 0 Å². The van der Waals surface area contributed by atoms with E-state index >= 15 is 0 Å². The van der Waals surface area contributed by atoms with Crippen molar-refractivity contribution >= 4 is 17.6 Å². The van der Waals surface area contributed by atoms with Gasteiger partial charge in [-0.15, -0.1) is 0 Å². The van der Waals surface area contributed by atoms with E-state index in [1.807, 2.05) is 18.7 Å². The molecule has 0 aliphatic carbocycles. The van der Waals surface area contributed by atoms with Gasteiger partial charge in [0.05, 0.1) is 5.69 Å². The molecule has 3 amide bonds. The molecule has 0 saturated carbocycles. The number of aromatic nitrogens is 1. The van der Waals surface area contributed by atoms with Gasteiger partial charge in [0.1, 0.15) is 0 Å². The third-order valence-corrected chi connectivity index (χ3v) is 4.82. The molecule has 7 heteroatoms. The van der Waals surface area contributed by atoms with Crippen LogP contribution in [0.2, 0.25) is 0 Å². The standard InChI is InChI=1S/C18H28N4O3/c1-4-13(5-2)17(24)22-8-6-14(7-9-22)20-18(25)21-15-10-12(3)16(23)19-11-15/h10-11,13-14H,4-9H2,1-3H3,(H,19,23)(H2,20,21,25). The third-order valence-electron chi connectivity index (χ3n) is 4.82. The van der Waals surface area contributed by atoms with Crippen molar-refractivity contribution in [1.82, 2.24) is 15.2 Å². The van der Waals surface area contributed by atoms with Crippen molar-refractivity contribution in [2.45, 2.75) is 52.5 Å². The number of H-pyrrole nitrogens is 1. The van der Waals surface area contributed by atoms with Gasteiger partial charge >= 0.3 is 6.03 Å². The first-order valence-corrected chi connectivity index (χ1v) is 9.00. The van der Waals surface area contributed by atoms with Gasteiger partial charge in [0.2, 0.25) is 5.91 Å². The summed E-state index contributed by atoms with van der Waals surface area (Å²) in [7, 11) is 0. The molecule has 138 valence electrons. The van der Waals surface area contributed by atoms with Gasteiger partial charge in [0, 0.05) is 36.8 Å². The number of hydrogen-bond acceptors (Lipinski definition) is 3. The number of likely N-dealkylation sites (tertiary alicyclic amines) is 1. The molecule has 1 aliphatic rings. The number of pyridine rings is 1. The van der Waals surface area contributed by atoms with E-state index in [-0.39, 0.29) is 29.5 Å². The molecule has 0 bridgehead atoms. The Kier molecular flexibility index (Phi) is 6.61. The smallest absolute Gasteiger partial charge is 0.319 e. The summed E-state index contributed by atoms with van der Waals surface area (Å²) in [5.74, 6) is 0.341. The number of amides is 3. The van der Waals surface area contributed by atoms with Crippen LogP contribution in [0, 0.1) is 12.8 Å². The number of carbonyl (C=O) groups is 2. The van der Waals surface area contributed by atoms with Gasteiger partial charge in [0.25, 0.3) is 5.56 Å². The Labute approximate surface area is 148 Å². The predicted molar refractivity (Wildman–Crippen MR) is 97.6 cm³/mol. The molecule has 7 nitrogen and oxygen atoms in total. The monoisotopic (exact) mass is 348 g/mol. The second kappa shape index (κ2) is 8.69. The number of hydrogen-bond donors (Lipinski definition) is 3. The summed E-state index contributed by atoms with van der Waals surface area (Å²) in [4.78, 5) is 40.3. The van der Waals surface area contributed by atoms with Crippen LogP contribution in [0.3, 0.4) is 0 Å². The number of carbonyl (C=O) groups excluding carboxylic acids is 2. The molecule has 1 aliphatic heterocycles. The number of urea groups is 1. The maximum atomic E-state index is 12.4. The molecule has 1 fully saturated rings. The molecule has 1 aromatic rings. The van der Waals surface area contributed by atoms with Crippen LogP contribution >= 0.6 is 0 Å². The largest absolute Gasteiger partial charge is 0.342 e. The fourth-order valence-corrected chi connectivity index (χ4v) is 3.16. The Morgan fingerprint density at radius 3 is 2.48 bits per heavy atom. The van der Waals surface area contributed by atoms with Gasteiger partial charge in [-0.2, -0.15) is 0 Å². The predicted octanol–water partition coefficient (Wildman–Crippen LogP) is 2.23. The molecule has 1 saturated heterocycles. The quantitative estimate of drug-likeness (QED) is 0.761. The van der Waals surface area contributed by atoms with Crippen molar-refractivity contribution in [3.05, 3.63) is 28.2 Å².